The van der Waals surface area contributed by atoms with Crippen molar-refractivity contribution in [2.24, 2.45) is 0 Å². The number of carbonyl (C=O) groups is 1. The average molecular weight is 301 g/mol. The number of hydrogen-bond donors (Lipinski definition) is 1. The summed E-state index contributed by atoms with van der Waals surface area (Å²) in [5.74, 6) is -0.0641. The van der Waals surface area contributed by atoms with Crippen LogP contribution in [0.25, 0.3) is 0 Å². The molecular formula is C14H18Cl2N2O. The highest BCUT2D eigenvalue weighted by Crippen LogP contribution is 2.31. The van der Waals surface area contributed by atoms with E-state index in [1.165, 1.54) is 6.42 Å². The Labute approximate surface area is 123 Å². The van der Waals surface area contributed by atoms with Crippen LogP contribution in [-0.2, 0) is 0 Å². The Hall–Kier alpha value is -0.930. The number of nitrogens with two attached hydrogens (primary N) is 1. The van der Waals surface area contributed by atoms with Gasteiger partial charge in [-0.2, -0.15) is 0 Å². The van der Waals surface area contributed by atoms with Gasteiger partial charge in [-0.1, -0.05) is 30.1 Å². The lowest BCUT2D eigenvalue weighted by atomic mass is 9.99. The maximum Gasteiger partial charge on any atom is 0.255 e. The summed E-state index contributed by atoms with van der Waals surface area (Å²) >= 11 is 12.1. The molecule has 0 radical (unpaired) electrons. The van der Waals surface area contributed by atoms with E-state index < -0.39 is 0 Å². The monoisotopic (exact) mass is 300 g/mol. The molecule has 1 fully saturated rings. The lowest BCUT2D eigenvalue weighted by Crippen LogP contribution is -2.43. The maximum atomic E-state index is 12.6. The topological polar surface area (TPSA) is 46.3 Å². The fourth-order valence-electron chi connectivity index (χ4n) is 2.61. The van der Waals surface area contributed by atoms with Crippen LogP contribution in [0.4, 0.5) is 5.69 Å². The first-order valence-corrected chi connectivity index (χ1v) is 7.35. The molecule has 0 spiro atoms. The first-order chi connectivity index (χ1) is 9.04. The molecular weight excluding hydrogens is 283 g/mol. The summed E-state index contributed by atoms with van der Waals surface area (Å²) in [5, 5.41) is 0.622. The van der Waals surface area contributed by atoms with Gasteiger partial charge in [0.1, 0.15) is 0 Å². The van der Waals surface area contributed by atoms with Crippen LogP contribution in [0.5, 0.6) is 0 Å². The number of carbonyl (C=O) groups excluding carboxylic acids is 1. The van der Waals surface area contributed by atoms with Crippen molar-refractivity contribution in [3.8, 4) is 0 Å². The highest BCUT2D eigenvalue weighted by molar-refractivity contribution is 6.44. The van der Waals surface area contributed by atoms with E-state index in [1.807, 2.05) is 4.90 Å². The second-order valence-corrected chi connectivity index (χ2v) is 5.71. The largest absolute Gasteiger partial charge is 0.399 e. The number of amides is 1. The number of benzene rings is 1. The fraction of sp³-hybridized carbons (Fsp3) is 0.500. The third-order valence-corrected chi connectivity index (χ3v) is 4.44. The maximum absolute atomic E-state index is 12.6. The van der Waals surface area contributed by atoms with Crippen LogP contribution < -0.4 is 5.73 Å². The van der Waals surface area contributed by atoms with Crippen molar-refractivity contribution < 1.29 is 4.79 Å². The van der Waals surface area contributed by atoms with E-state index >= 15 is 0 Å². The van der Waals surface area contributed by atoms with Crippen molar-refractivity contribution >= 4 is 34.8 Å². The van der Waals surface area contributed by atoms with E-state index in [9.17, 15) is 4.79 Å². The summed E-state index contributed by atoms with van der Waals surface area (Å²) in [6, 6.07) is 3.46. The van der Waals surface area contributed by atoms with E-state index in [-0.39, 0.29) is 11.9 Å². The Morgan fingerprint density at radius 1 is 1.42 bits per heavy atom. The van der Waals surface area contributed by atoms with Gasteiger partial charge in [0.05, 0.1) is 15.6 Å². The molecule has 1 unspecified atom stereocenters. The zero-order valence-electron chi connectivity index (χ0n) is 11.0. The van der Waals surface area contributed by atoms with Gasteiger partial charge in [-0.25, -0.2) is 0 Å². The summed E-state index contributed by atoms with van der Waals surface area (Å²) in [7, 11) is 0. The van der Waals surface area contributed by atoms with Gasteiger partial charge in [0.25, 0.3) is 5.91 Å². The summed E-state index contributed by atoms with van der Waals surface area (Å²) in [5.41, 5.74) is 6.62. The van der Waals surface area contributed by atoms with Gasteiger partial charge in [-0.05, 0) is 37.8 Å². The fourth-order valence-corrected chi connectivity index (χ4v) is 3.03. The van der Waals surface area contributed by atoms with Crippen molar-refractivity contribution in [2.75, 3.05) is 12.3 Å². The number of halogens is 2. The third-order valence-electron chi connectivity index (χ3n) is 3.64. The molecule has 3 nitrogen and oxygen atoms in total. The smallest absolute Gasteiger partial charge is 0.255 e. The molecule has 0 aromatic heterocycles. The number of piperidine rings is 1. The summed E-state index contributed by atoms with van der Waals surface area (Å²) < 4.78 is 0. The van der Waals surface area contributed by atoms with Crippen LogP contribution in [-0.4, -0.2) is 23.4 Å². The highest BCUT2D eigenvalue weighted by Gasteiger charge is 2.28. The number of likely N-dealkylation sites (tertiary alicyclic amines) is 1. The van der Waals surface area contributed by atoms with E-state index in [2.05, 4.69) is 6.92 Å². The Balaban J connectivity index is 2.33. The molecule has 1 aliphatic rings. The van der Waals surface area contributed by atoms with Crippen molar-refractivity contribution in [1.29, 1.82) is 0 Å². The number of nitrogens with zero attached hydrogens (tertiary/aromatic N) is 1. The van der Waals surface area contributed by atoms with Crippen LogP contribution in [0.15, 0.2) is 12.1 Å². The Morgan fingerprint density at radius 2 is 2.16 bits per heavy atom. The number of rotatable bonds is 2. The average Bonchev–Trinajstić information content (AvgIpc) is 2.42. The molecule has 1 aromatic carbocycles. The van der Waals surface area contributed by atoms with Gasteiger partial charge in [-0.15, -0.1) is 0 Å². The standard InChI is InChI=1S/C14H18Cl2N2O/c1-2-10-5-3-4-6-18(10)14(19)11-7-9(17)8-12(15)13(11)16/h7-8,10H,2-6,17H2,1H3. The Morgan fingerprint density at radius 3 is 2.84 bits per heavy atom. The molecule has 0 saturated carbocycles. The van der Waals surface area contributed by atoms with Crippen LogP contribution in [0.2, 0.25) is 10.0 Å². The lowest BCUT2D eigenvalue weighted by molar-refractivity contribution is 0.0608. The van der Waals surface area contributed by atoms with Crippen LogP contribution in [0.3, 0.4) is 0 Å². The quantitative estimate of drug-likeness (QED) is 0.840. The van der Waals surface area contributed by atoms with Crippen LogP contribution >= 0.6 is 23.2 Å². The molecule has 104 valence electrons. The van der Waals surface area contributed by atoms with Crippen molar-refractivity contribution in [2.45, 2.75) is 38.6 Å². The molecule has 1 aliphatic heterocycles. The van der Waals surface area contributed by atoms with Crippen LogP contribution in [0.1, 0.15) is 43.0 Å². The van der Waals surface area contributed by atoms with Gasteiger partial charge in [0, 0.05) is 18.3 Å². The van der Waals surface area contributed by atoms with E-state index in [1.54, 1.807) is 12.1 Å². The van der Waals surface area contributed by atoms with Gasteiger partial charge in [-0.3, -0.25) is 4.79 Å². The van der Waals surface area contributed by atoms with Crippen molar-refractivity contribution in [3.63, 3.8) is 0 Å². The summed E-state index contributed by atoms with van der Waals surface area (Å²) in [6.45, 7) is 2.88. The predicted octanol–water partition coefficient (Wildman–Crippen LogP) is 3.98. The molecule has 19 heavy (non-hydrogen) atoms. The highest BCUT2D eigenvalue weighted by atomic mass is 35.5. The van der Waals surface area contributed by atoms with Crippen molar-refractivity contribution in [3.05, 3.63) is 27.7 Å². The van der Waals surface area contributed by atoms with E-state index in [0.717, 1.165) is 25.8 Å². The molecule has 1 heterocycles. The molecule has 0 bridgehead atoms. The second kappa shape index (κ2) is 6.02. The minimum atomic E-state index is -0.0641. The number of hydrogen-bond acceptors (Lipinski definition) is 2. The zero-order chi connectivity index (χ0) is 14.0. The summed E-state index contributed by atoms with van der Waals surface area (Å²) in [6.07, 6.45) is 4.22. The Kier molecular flexibility index (Phi) is 4.58. The van der Waals surface area contributed by atoms with Crippen LogP contribution in [0, 0.1) is 0 Å². The minimum absolute atomic E-state index is 0.0641. The molecule has 2 N–H and O–H groups in total. The van der Waals surface area contributed by atoms with Gasteiger partial charge in [0.15, 0.2) is 0 Å². The van der Waals surface area contributed by atoms with Crippen molar-refractivity contribution in [1.82, 2.24) is 4.90 Å². The first-order valence-electron chi connectivity index (χ1n) is 6.60. The molecule has 0 aliphatic carbocycles. The molecule has 5 heteroatoms. The molecule has 1 atom stereocenters. The van der Waals surface area contributed by atoms with Gasteiger partial charge in [0.2, 0.25) is 0 Å². The van der Waals surface area contributed by atoms with E-state index in [4.69, 9.17) is 28.9 Å². The van der Waals surface area contributed by atoms with Gasteiger partial charge >= 0.3 is 0 Å². The molecule has 1 saturated heterocycles. The SMILES string of the molecule is CCC1CCCCN1C(=O)c1cc(N)cc(Cl)c1Cl. The second-order valence-electron chi connectivity index (χ2n) is 4.92. The summed E-state index contributed by atoms with van der Waals surface area (Å²) in [4.78, 5) is 14.5. The lowest BCUT2D eigenvalue weighted by Gasteiger charge is -2.35. The number of anilines is 1. The molecule has 1 amide bonds. The Bertz CT molecular complexity index is 491. The number of nitrogen functional groups attached to an aromatic ring is 1. The molecule has 2 rings (SSSR count). The van der Waals surface area contributed by atoms with E-state index in [0.29, 0.717) is 21.3 Å². The minimum Gasteiger partial charge on any atom is -0.399 e. The zero-order valence-corrected chi connectivity index (χ0v) is 12.5. The first kappa shape index (κ1) is 14.5. The molecule has 1 aromatic rings. The predicted molar refractivity (Wildman–Crippen MR) is 79.8 cm³/mol. The normalized spacial score (nSPS) is 19.5. The van der Waals surface area contributed by atoms with Gasteiger partial charge < -0.3 is 10.6 Å². The third kappa shape index (κ3) is 2.98.